The van der Waals surface area contributed by atoms with Gasteiger partial charge in [0.05, 0.1) is 6.42 Å². The van der Waals surface area contributed by atoms with Crippen LogP contribution in [0.3, 0.4) is 0 Å². The molecule has 0 spiro atoms. The number of hydrogen-bond acceptors (Lipinski definition) is 3. The lowest BCUT2D eigenvalue weighted by Crippen LogP contribution is -2.37. The molecule has 2 aliphatic rings. The van der Waals surface area contributed by atoms with E-state index in [1.165, 1.54) is 38.5 Å². The summed E-state index contributed by atoms with van der Waals surface area (Å²) in [6.45, 7) is 2.83. The van der Waals surface area contributed by atoms with Crippen LogP contribution in [0.5, 0.6) is 0 Å². The highest BCUT2D eigenvalue weighted by molar-refractivity contribution is 5.70. The Hall–Kier alpha value is -0.570. The lowest BCUT2D eigenvalue weighted by atomic mass is 9.72. The summed E-state index contributed by atoms with van der Waals surface area (Å²) in [5, 5.41) is 0. The van der Waals surface area contributed by atoms with Crippen molar-refractivity contribution in [2.75, 3.05) is 6.54 Å². The summed E-state index contributed by atoms with van der Waals surface area (Å²) in [6, 6.07) is 0. The zero-order valence-electron chi connectivity index (χ0n) is 12.3. The highest BCUT2D eigenvalue weighted by Gasteiger charge is 2.35. The normalized spacial score (nSPS) is 30.8. The first-order chi connectivity index (χ1) is 9.15. The van der Waals surface area contributed by atoms with Crippen molar-refractivity contribution >= 4 is 5.97 Å². The lowest BCUT2D eigenvalue weighted by molar-refractivity contribution is -0.156. The molecule has 19 heavy (non-hydrogen) atoms. The van der Waals surface area contributed by atoms with Crippen molar-refractivity contribution in [2.24, 2.45) is 17.1 Å². The number of carbonyl (C=O) groups is 1. The fourth-order valence-electron chi connectivity index (χ4n) is 3.73. The van der Waals surface area contributed by atoms with E-state index in [1.807, 2.05) is 0 Å². The van der Waals surface area contributed by atoms with Gasteiger partial charge in [-0.25, -0.2) is 0 Å². The molecule has 0 amide bonds. The van der Waals surface area contributed by atoms with Crippen molar-refractivity contribution in [3.05, 3.63) is 0 Å². The Balaban J connectivity index is 1.85. The standard InChI is InChI=1S/C16H29NO2/c1-13-7-3-4-8-14(13)19-15(18)11-16(12-17)9-5-2-6-10-16/h13-14H,2-12,17H2,1H3. The molecule has 2 atom stereocenters. The number of ether oxygens (including phenoxy) is 1. The van der Waals surface area contributed by atoms with Crippen molar-refractivity contribution in [3.63, 3.8) is 0 Å². The highest BCUT2D eigenvalue weighted by atomic mass is 16.5. The number of esters is 1. The van der Waals surface area contributed by atoms with Crippen molar-refractivity contribution in [1.82, 2.24) is 0 Å². The van der Waals surface area contributed by atoms with E-state index in [0.29, 0.717) is 18.9 Å². The molecule has 2 saturated carbocycles. The minimum atomic E-state index is -0.00824. The van der Waals surface area contributed by atoms with Gasteiger partial charge in [-0.1, -0.05) is 32.6 Å². The van der Waals surface area contributed by atoms with E-state index in [-0.39, 0.29) is 17.5 Å². The molecule has 0 aromatic heterocycles. The third-order valence-corrected chi connectivity index (χ3v) is 5.18. The maximum Gasteiger partial charge on any atom is 0.306 e. The zero-order chi connectivity index (χ0) is 13.7. The van der Waals surface area contributed by atoms with Crippen molar-refractivity contribution in [3.8, 4) is 0 Å². The topological polar surface area (TPSA) is 52.3 Å². The predicted molar refractivity (Wildman–Crippen MR) is 76.7 cm³/mol. The molecule has 2 rings (SSSR count). The molecule has 2 fully saturated rings. The molecule has 110 valence electrons. The summed E-state index contributed by atoms with van der Waals surface area (Å²) in [7, 11) is 0. The van der Waals surface area contributed by atoms with Gasteiger partial charge in [0.2, 0.25) is 0 Å². The first-order valence-electron chi connectivity index (χ1n) is 8.05. The number of rotatable bonds is 4. The van der Waals surface area contributed by atoms with Gasteiger partial charge in [0.15, 0.2) is 0 Å². The van der Waals surface area contributed by atoms with Crippen molar-refractivity contribution in [1.29, 1.82) is 0 Å². The largest absolute Gasteiger partial charge is 0.462 e. The van der Waals surface area contributed by atoms with Crippen LogP contribution in [0.1, 0.15) is 71.1 Å². The Morgan fingerprint density at radius 3 is 2.47 bits per heavy atom. The van der Waals surface area contributed by atoms with Crippen molar-refractivity contribution < 1.29 is 9.53 Å². The minimum Gasteiger partial charge on any atom is -0.462 e. The molecular formula is C16H29NO2. The summed E-state index contributed by atoms with van der Waals surface area (Å²) >= 11 is 0. The Morgan fingerprint density at radius 1 is 1.16 bits per heavy atom. The maximum absolute atomic E-state index is 12.2. The predicted octanol–water partition coefficient (Wildman–Crippen LogP) is 3.41. The molecule has 0 heterocycles. The van der Waals surface area contributed by atoms with Crippen LogP contribution in [0, 0.1) is 11.3 Å². The van der Waals surface area contributed by atoms with E-state index >= 15 is 0 Å². The van der Waals surface area contributed by atoms with Gasteiger partial charge in [-0.15, -0.1) is 0 Å². The third kappa shape index (κ3) is 3.95. The SMILES string of the molecule is CC1CCCCC1OC(=O)CC1(CN)CCCCC1. The quantitative estimate of drug-likeness (QED) is 0.794. The van der Waals surface area contributed by atoms with Crippen LogP contribution < -0.4 is 5.73 Å². The molecule has 2 N–H and O–H groups in total. The van der Waals surface area contributed by atoms with Crippen LogP contribution in [0.25, 0.3) is 0 Å². The fraction of sp³-hybridized carbons (Fsp3) is 0.938. The van der Waals surface area contributed by atoms with E-state index in [1.54, 1.807) is 0 Å². The van der Waals surface area contributed by atoms with E-state index < -0.39 is 0 Å². The van der Waals surface area contributed by atoms with Crippen LogP contribution in [-0.4, -0.2) is 18.6 Å². The number of carbonyl (C=O) groups excluding carboxylic acids is 1. The van der Waals surface area contributed by atoms with Crippen molar-refractivity contribution in [2.45, 2.75) is 77.2 Å². The molecule has 2 aliphatic carbocycles. The van der Waals surface area contributed by atoms with Gasteiger partial charge in [0.25, 0.3) is 0 Å². The molecule has 3 heteroatoms. The third-order valence-electron chi connectivity index (χ3n) is 5.18. The average Bonchev–Trinajstić information content (AvgIpc) is 2.42. The van der Waals surface area contributed by atoms with E-state index in [0.717, 1.165) is 19.3 Å². The first kappa shape index (κ1) is 14.8. The van der Waals surface area contributed by atoms with E-state index in [4.69, 9.17) is 10.5 Å². The molecule has 0 aromatic carbocycles. The summed E-state index contributed by atoms with van der Waals surface area (Å²) in [5.41, 5.74) is 5.97. The smallest absolute Gasteiger partial charge is 0.306 e. The first-order valence-corrected chi connectivity index (χ1v) is 8.05. The van der Waals surface area contributed by atoms with Gasteiger partial charge in [0.1, 0.15) is 6.10 Å². The number of nitrogens with two attached hydrogens (primary N) is 1. The van der Waals surface area contributed by atoms with Crippen LogP contribution in [0.4, 0.5) is 0 Å². The summed E-state index contributed by atoms with van der Waals surface area (Å²) in [5.74, 6) is 0.518. The second kappa shape index (κ2) is 6.74. The van der Waals surface area contributed by atoms with Gasteiger partial charge in [0, 0.05) is 0 Å². The molecule has 0 bridgehead atoms. The van der Waals surface area contributed by atoms with Gasteiger partial charge >= 0.3 is 5.97 Å². The second-order valence-electron chi connectivity index (χ2n) is 6.73. The van der Waals surface area contributed by atoms with Gasteiger partial charge < -0.3 is 10.5 Å². The summed E-state index contributed by atoms with van der Waals surface area (Å²) < 4.78 is 5.74. The second-order valence-corrected chi connectivity index (χ2v) is 6.73. The maximum atomic E-state index is 12.2. The average molecular weight is 267 g/mol. The fourth-order valence-corrected chi connectivity index (χ4v) is 3.73. The van der Waals surface area contributed by atoms with Gasteiger partial charge in [-0.05, 0) is 50.0 Å². The Bertz CT molecular complexity index is 297. The molecule has 0 aromatic rings. The molecule has 0 saturated heterocycles. The van der Waals surface area contributed by atoms with E-state index in [9.17, 15) is 4.79 Å². The van der Waals surface area contributed by atoms with Gasteiger partial charge in [-0.3, -0.25) is 4.79 Å². The molecule has 0 aliphatic heterocycles. The molecule has 3 nitrogen and oxygen atoms in total. The van der Waals surface area contributed by atoms with Crippen LogP contribution in [0.15, 0.2) is 0 Å². The molecule has 2 unspecified atom stereocenters. The molecular weight excluding hydrogens is 238 g/mol. The van der Waals surface area contributed by atoms with Crippen LogP contribution in [0.2, 0.25) is 0 Å². The van der Waals surface area contributed by atoms with E-state index in [2.05, 4.69) is 6.92 Å². The zero-order valence-corrected chi connectivity index (χ0v) is 12.3. The van der Waals surface area contributed by atoms with Crippen LogP contribution >= 0.6 is 0 Å². The Morgan fingerprint density at radius 2 is 1.84 bits per heavy atom. The summed E-state index contributed by atoms with van der Waals surface area (Å²) in [6.07, 6.45) is 11.3. The molecule has 0 radical (unpaired) electrons. The Labute approximate surface area is 117 Å². The highest BCUT2D eigenvalue weighted by Crippen LogP contribution is 2.39. The van der Waals surface area contributed by atoms with Crippen LogP contribution in [-0.2, 0) is 9.53 Å². The minimum absolute atomic E-state index is 0.00824. The lowest BCUT2D eigenvalue weighted by Gasteiger charge is -2.36. The number of hydrogen-bond donors (Lipinski definition) is 1. The van der Waals surface area contributed by atoms with Gasteiger partial charge in [-0.2, -0.15) is 0 Å². The summed E-state index contributed by atoms with van der Waals surface area (Å²) in [4.78, 5) is 12.2. The Kier molecular flexibility index (Phi) is 5.26. The monoisotopic (exact) mass is 267 g/mol.